The smallest absolute Gasteiger partial charge is 0.119 e. The summed E-state index contributed by atoms with van der Waals surface area (Å²) in [6.45, 7) is 15.0. The van der Waals surface area contributed by atoms with Gasteiger partial charge in [0.05, 0.1) is 6.61 Å². The van der Waals surface area contributed by atoms with E-state index in [1.165, 1.54) is 16.0 Å². The topological polar surface area (TPSA) is 33.3 Å². The Morgan fingerprint density at radius 1 is 0.903 bits per heavy atom. The van der Waals surface area contributed by atoms with Gasteiger partial charge in [0.2, 0.25) is 0 Å². The third kappa shape index (κ3) is 9.67. The predicted octanol–water partition coefficient (Wildman–Crippen LogP) is 6.66. The number of hydrogen-bond acceptors (Lipinski definition) is 4. The maximum Gasteiger partial charge on any atom is 0.119 e. The minimum atomic E-state index is 0.407. The van der Waals surface area contributed by atoms with Gasteiger partial charge in [-0.3, -0.25) is 0 Å². The van der Waals surface area contributed by atoms with Crippen molar-refractivity contribution in [3.63, 3.8) is 0 Å². The fraction of sp³-hybridized carbons (Fsp3) is 0.556. The highest BCUT2D eigenvalue weighted by Crippen LogP contribution is 2.26. The molecule has 31 heavy (non-hydrogen) atoms. The zero-order valence-corrected chi connectivity index (χ0v) is 20.9. The number of benzene rings is 2. The van der Waals surface area contributed by atoms with Crippen LogP contribution in [0.2, 0.25) is 0 Å². The second-order valence-electron chi connectivity index (χ2n) is 8.73. The lowest BCUT2D eigenvalue weighted by molar-refractivity contribution is 0.309. The second kappa shape index (κ2) is 14.5. The van der Waals surface area contributed by atoms with Crippen LogP contribution in [0.25, 0.3) is 0 Å². The molecule has 0 radical (unpaired) electrons. The van der Waals surface area contributed by atoms with Gasteiger partial charge in [-0.1, -0.05) is 58.9 Å². The van der Waals surface area contributed by atoms with Gasteiger partial charge in [0.15, 0.2) is 0 Å². The Bertz CT molecular complexity index is 730. The molecule has 0 heterocycles. The average molecular weight is 443 g/mol. The molecule has 2 aromatic carbocycles. The van der Waals surface area contributed by atoms with Crippen LogP contribution in [0, 0.1) is 5.92 Å². The number of unbranched alkanes of at least 4 members (excludes halogenated alkanes) is 1. The molecule has 2 rings (SSSR count). The van der Waals surface area contributed by atoms with Crippen molar-refractivity contribution in [2.24, 2.45) is 5.92 Å². The van der Waals surface area contributed by atoms with Crippen molar-refractivity contribution in [1.82, 2.24) is 10.6 Å². The molecule has 0 spiro atoms. The van der Waals surface area contributed by atoms with E-state index in [1.807, 2.05) is 11.8 Å². The van der Waals surface area contributed by atoms with E-state index >= 15 is 0 Å². The molecule has 0 aliphatic heterocycles. The van der Waals surface area contributed by atoms with Crippen LogP contribution in [-0.2, 0) is 0 Å². The van der Waals surface area contributed by atoms with Gasteiger partial charge >= 0.3 is 0 Å². The van der Waals surface area contributed by atoms with Crippen molar-refractivity contribution in [1.29, 1.82) is 0 Å². The van der Waals surface area contributed by atoms with Crippen molar-refractivity contribution in [3.8, 4) is 5.75 Å². The summed E-state index contributed by atoms with van der Waals surface area (Å²) in [5.41, 5.74) is 2.72. The Balaban J connectivity index is 1.69. The Morgan fingerprint density at radius 2 is 1.68 bits per heavy atom. The number of hydrogen-bond donors (Lipinski definition) is 2. The normalized spacial score (nSPS) is 12.5. The van der Waals surface area contributed by atoms with Crippen LogP contribution in [-0.4, -0.2) is 32.0 Å². The first kappa shape index (κ1) is 25.8. The van der Waals surface area contributed by atoms with Crippen molar-refractivity contribution in [3.05, 3.63) is 59.7 Å². The lowest BCUT2D eigenvalue weighted by atomic mass is 9.96. The summed E-state index contributed by atoms with van der Waals surface area (Å²) in [6.07, 6.45) is 2.25. The van der Waals surface area contributed by atoms with E-state index in [1.54, 1.807) is 0 Å². The maximum absolute atomic E-state index is 5.94. The first-order valence-corrected chi connectivity index (χ1v) is 12.9. The molecule has 0 saturated heterocycles. The molecule has 1 unspecified atom stereocenters. The molecular weight excluding hydrogens is 400 g/mol. The van der Waals surface area contributed by atoms with E-state index in [9.17, 15) is 0 Å². The first-order chi connectivity index (χ1) is 15.0. The highest BCUT2D eigenvalue weighted by molar-refractivity contribution is 7.99. The minimum Gasteiger partial charge on any atom is -0.494 e. The quantitative estimate of drug-likeness (QED) is 0.239. The third-order valence-electron chi connectivity index (χ3n) is 5.42. The molecule has 0 fully saturated rings. The van der Waals surface area contributed by atoms with Crippen molar-refractivity contribution < 1.29 is 4.74 Å². The van der Waals surface area contributed by atoms with Gasteiger partial charge in [-0.15, -0.1) is 11.8 Å². The number of thioether (sulfide) groups is 1. The van der Waals surface area contributed by atoms with E-state index in [-0.39, 0.29) is 0 Å². The third-order valence-corrected chi connectivity index (χ3v) is 6.52. The van der Waals surface area contributed by atoms with Crippen LogP contribution in [0.3, 0.4) is 0 Å². The van der Waals surface area contributed by atoms with E-state index < -0.39 is 0 Å². The fourth-order valence-electron chi connectivity index (χ4n) is 3.55. The molecule has 0 aliphatic rings. The lowest BCUT2D eigenvalue weighted by Crippen LogP contribution is -2.32. The molecule has 3 nitrogen and oxygen atoms in total. The van der Waals surface area contributed by atoms with Gasteiger partial charge in [0, 0.05) is 24.0 Å². The van der Waals surface area contributed by atoms with E-state index in [0.29, 0.717) is 17.9 Å². The summed E-state index contributed by atoms with van der Waals surface area (Å²) in [4.78, 5) is 1.35. The van der Waals surface area contributed by atoms with E-state index in [4.69, 9.17) is 4.74 Å². The summed E-state index contributed by atoms with van der Waals surface area (Å²) < 4.78 is 5.94. The Hall–Kier alpha value is -1.49. The van der Waals surface area contributed by atoms with Gasteiger partial charge in [-0.2, -0.15) is 0 Å². The van der Waals surface area contributed by atoms with Gasteiger partial charge in [-0.25, -0.2) is 0 Å². The van der Waals surface area contributed by atoms with Crippen LogP contribution < -0.4 is 15.4 Å². The van der Waals surface area contributed by atoms with Gasteiger partial charge in [-0.05, 0) is 72.4 Å². The van der Waals surface area contributed by atoms with Gasteiger partial charge in [0.25, 0.3) is 0 Å². The van der Waals surface area contributed by atoms with Crippen LogP contribution in [0.1, 0.15) is 70.5 Å². The van der Waals surface area contributed by atoms with Crippen molar-refractivity contribution in [2.45, 2.75) is 64.3 Å². The summed E-state index contributed by atoms with van der Waals surface area (Å²) in [6, 6.07) is 18.0. The summed E-state index contributed by atoms with van der Waals surface area (Å²) >= 11 is 1.94. The predicted molar refractivity (Wildman–Crippen MR) is 137 cm³/mol. The molecule has 0 amide bonds. The molecule has 2 aromatic rings. The molecule has 0 saturated carbocycles. The van der Waals surface area contributed by atoms with Crippen LogP contribution in [0.4, 0.5) is 0 Å². The summed E-state index contributed by atoms with van der Waals surface area (Å²) in [7, 11) is 0. The molecule has 0 aliphatic carbocycles. The van der Waals surface area contributed by atoms with E-state index in [2.05, 4.69) is 93.8 Å². The Labute approximate surface area is 194 Å². The highest BCUT2D eigenvalue weighted by Gasteiger charge is 2.14. The fourth-order valence-corrected chi connectivity index (χ4v) is 4.46. The molecule has 0 bridgehead atoms. The second-order valence-corrected chi connectivity index (χ2v) is 9.90. The number of nitrogens with one attached hydrogen (secondary N) is 2. The van der Waals surface area contributed by atoms with Crippen LogP contribution in [0.5, 0.6) is 5.75 Å². The largest absolute Gasteiger partial charge is 0.494 e. The van der Waals surface area contributed by atoms with E-state index in [0.717, 1.165) is 50.6 Å². The Morgan fingerprint density at radius 3 is 2.35 bits per heavy atom. The number of rotatable bonds is 15. The lowest BCUT2D eigenvalue weighted by Gasteiger charge is -2.23. The van der Waals surface area contributed by atoms with Crippen molar-refractivity contribution >= 4 is 11.8 Å². The molecular formula is C27H42N2OS. The molecule has 172 valence electrons. The van der Waals surface area contributed by atoms with Crippen molar-refractivity contribution in [2.75, 3.05) is 32.0 Å². The molecule has 0 aromatic heterocycles. The SMILES string of the molecule is CCNCCNC(c1ccc(SCCCCOc2cccc(C(C)C)c2)cc1)C(C)C. The number of likely N-dealkylation sites (N-methyl/N-ethyl adjacent to an activating group) is 1. The number of ether oxygens (including phenoxy) is 1. The highest BCUT2D eigenvalue weighted by atomic mass is 32.2. The van der Waals surface area contributed by atoms with Gasteiger partial charge in [0.1, 0.15) is 5.75 Å². The molecule has 1 atom stereocenters. The van der Waals surface area contributed by atoms with Crippen LogP contribution >= 0.6 is 11.8 Å². The van der Waals surface area contributed by atoms with Crippen LogP contribution in [0.15, 0.2) is 53.4 Å². The summed E-state index contributed by atoms with van der Waals surface area (Å²) in [5.74, 6) is 3.23. The maximum atomic E-state index is 5.94. The Kier molecular flexibility index (Phi) is 12.1. The molecule has 2 N–H and O–H groups in total. The standard InChI is InChI=1S/C27H42N2OS/c1-6-28-16-17-29-27(22(4)5)23-12-14-26(15-13-23)31-19-8-7-18-30-25-11-9-10-24(20-25)21(2)3/h9-15,20-22,27-29H,6-8,16-19H2,1-5H3. The van der Waals surface area contributed by atoms with Gasteiger partial charge < -0.3 is 15.4 Å². The molecule has 4 heteroatoms. The zero-order chi connectivity index (χ0) is 22.5. The monoisotopic (exact) mass is 442 g/mol. The summed E-state index contributed by atoms with van der Waals surface area (Å²) in [5, 5.41) is 7.08. The minimum absolute atomic E-state index is 0.407. The average Bonchev–Trinajstić information content (AvgIpc) is 2.76. The first-order valence-electron chi connectivity index (χ1n) is 11.9. The zero-order valence-electron chi connectivity index (χ0n) is 20.1.